The largest absolute Gasteiger partial charge is 0.325 e. The third-order valence-electron chi connectivity index (χ3n) is 3.90. The monoisotopic (exact) mass is 303 g/mol. The molecule has 0 fully saturated rings. The average molecular weight is 304 g/mol. The summed E-state index contributed by atoms with van der Waals surface area (Å²) in [6, 6.07) is 8.43. The third kappa shape index (κ3) is 3.39. The Kier molecular flexibility index (Phi) is 5.64. The number of benzene rings is 1. The Labute approximate surface area is 131 Å². The number of aromatic nitrogens is 2. The highest BCUT2D eigenvalue weighted by molar-refractivity contribution is 6.17. The third-order valence-corrected chi connectivity index (χ3v) is 4.09. The van der Waals surface area contributed by atoms with Gasteiger partial charge in [0.15, 0.2) is 0 Å². The summed E-state index contributed by atoms with van der Waals surface area (Å²) in [7, 11) is 0. The van der Waals surface area contributed by atoms with Gasteiger partial charge < -0.3 is 4.57 Å². The second-order valence-corrected chi connectivity index (χ2v) is 5.84. The molecule has 0 saturated carbocycles. The van der Waals surface area contributed by atoms with Crippen molar-refractivity contribution >= 4 is 22.6 Å². The number of nitriles is 1. The van der Waals surface area contributed by atoms with Crippen molar-refractivity contribution in [1.82, 2.24) is 9.55 Å². The van der Waals surface area contributed by atoms with E-state index in [-0.39, 0.29) is 0 Å². The van der Waals surface area contributed by atoms with Crippen LogP contribution in [0.4, 0.5) is 0 Å². The summed E-state index contributed by atoms with van der Waals surface area (Å²) in [6.45, 7) is 4.45. The molecule has 2 aromatic rings. The van der Waals surface area contributed by atoms with Crippen molar-refractivity contribution in [2.24, 2.45) is 0 Å². The predicted molar refractivity (Wildman–Crippen MR) is 87.7 cm³/mol. The number of para-hydroxylation sites is 1. The average Bonchev–Trinajstić information content (AvgIpc) is 2.85. The summed E-state index contributed by atoms with van der Waals surface area (Å²) in [4.78, 5) is 4.68. The van der Waals surface area contributed by atoms with E-state index in [0.29, 0.717) is 17.5 Å². The summed E-state index contributed by atoms with van der Waals surface area (Å²) < 4.78 is 2.27. The second-order valence-electron chi connectivity index (χ2n) is 5.47. The van der Waals surface area contributed by atoms with E-state index < -0.39 is 0 Å². The molecule has 3 nitrogen and oxygen atoms in total. The summed E-state index contributed by atoms with van der Waals surface area (Å²) >= 11 is 5.92. The van der Waals surface area contributed by atoms with Crippen LogP contribution in [0, 0.1) is 11.3 Å². The molecule has 1 unspecified atom stereocenters. The summed E-state index contributed by atoms with van der Waals surface area (Å²) in [5.41, 5.74) is 2.50. The van der Waals surface area contributed by atoms with Gasteiger partial charge >= 0.3 is 0 Å². The number of rotatable bonds is 7. The lowest BCUT2D eigenvalue weighted by Crippen LogP contribution is -2.10. The van der Waals surface area contributed by atoms with Gasteiger partial charge in [0.2, 0.25) is 0 Å². The van der Waals surface area contributed by atoms with E-state index in [9.17, 15) is 5.26 Å². The molecule has 0 spiro atoms. The van der Waals surface area contributed by atoms with Crippen molar-refractivity contribution in [3.05, 3.63) is 29.6 Å². The summed E-state index contributed by atoms with van der Waals surface area (Å²) in [5, 5.41) is 9.25. The first kappa shape index (κ1) is 15.9. The van der Waals surface area contributed by atoms with Crippen LogP contribution < -0.4 is 0 Å². The SMILES string of the molecule is CCCCCC(C)n1c(CCCl)nc2c(C#N)cccc21. The fourth-order valence-corrected chi connectivity index (χ4v) is 3.00. The van der Waals surface area contributed by atoms with Gasteiger partial charge in [0, 0.05) is 18.3 Å². The van der Waals surface area contributed by atoms with Gasteiger partial charge in [-0.2, -0.15) is 5.26 Å². The van der Waals surface area contributed by atoms with E-state index in [1.54, 1.807) is 0 Å². The minimum Gasteiger partial charge on any atom is -0.325 e. The predicted octanol–water partition coefficient (Wildman–Crippen LogP) is 4.83. The molecule has 1 aromatic heterocycles. The molecule has 0 N–H and O–H groups in total. The minimum absolute atomic E-state index is 0.383. The maximum atomic E-state index is 9.25. The maximum Gasteiger partial charge on any atom is 0.111 e. The smallest absolute Gasteiger partial charge is 0.111 e. The van der Waals surface area contributed by atoms with E-state index >= 15 is 0 Å². The highest BCUT2D eigenvalue weighted by Crippen LogP contribution is 2.27. The van der Waals surface area contributed by atoms with Gasteiger partial charge in [-0.1, -0.05) is 32.3 Å². The molecule has 0 radical (unpaired) electrons. The molecule has 112 valence electrons. The molecule has 0 bridgehead atoms. The lowest BCUT2D eigenvalue weighted by molar-refractivity contribution is 0.474. The molecule has 2 rings (SSSR count). The van der Waals surface area contributed by atoms with Crippen molar-refractivity contribution in [3.8, 4) is 6.07 Å². The Balaban J connectivity index is 2.44. The van der Waals surface area contributed by atoms with Crippen molar-refractivity contribution in [2.75, 3.05) is 5.88 Å². The molecular formula is C17H22ClN3. The molecular weight excluding hydrogens is 282 g/mol. The number of hydrogen-bond donors (Lipinski definition) is 0. The van der Waals surface area contributed by atoms with Gasteiger partial charge in [-0.05, 0) is 25.5 Å². The van der Waals surface area contributed by atoms with Gasteiger partial charge in [-0.15, -0.1) is 11.6 Å². The number of fused-ring (bicyclic) bond motifs is 1. The molecule has 0 aliphatic heterocycles. The quantitative estimate of drug-likeness (QED) is 0.543. The Bertz CT molecular complexity index is 639. The molecule has 21 heavy (non-hydrogen) atoms. The number of nitrogens with zero attached hydrogens (tertiary/aromatic N) is 3. The zero-order valence-corrected chi connectivity index (χ0v) is 13.5. The minimum atomic E-state index is 0.383. The molecule has 1 heterocycles. The van der Waals surface area contributed by atoms with E-state index in [1.165, 1.54) is 19.3 Å². The summed E-state index contributed by atoms with van der Waals surface area (Å²) in [5.74, 6) is 1.54. The summed E-state index contributed by atoms with van der Waals surface area (Å²) in [6.07, 6.45) is 5.57. The van der Waals surface area contributed by atoms with Crippen LogP contribution in [0.15, 0.2) is 18.2 Å². The van der Waals surface area contributed by atoms with Crippen LogP contribution in [0.3, 0.4) is 0 Å². The Hall–Kier alpha value is -1.53. The molecule has 0 amide bonds. The second kappa shape index (κ2) is 7.47. The van der Waals surface area contributed by atoms with E-state index in [4.69, 9.17) is 11.6 Å². The first-order valence-corrected chi connectivity index (χ1v) is 8.22. The molecule has 4 heteroatoms. The molecule has 0 aliphatic rings. The van der Waals surface area contributed by atoms with Gasteiger partial charge in [0.1, 0.15) is 17.4 Å². The van der Waals surface area contributed by atoms with Crippen molar-refractivity contribution in [3.63, 3.8) is 0 Å². The number of unbranched alkanes of at least 4 members (excludes halogenated alkanes) is 2. The van der Waals surface area contributed by atoms with Gasteiger partial charge in [-0.25, -0.2) is 4.98 Å². The number of aryl methyl sites for hydroxylation is 1. The number of alkyl halides is 1. The number of hydrogen-bond acceptors (Lipinski definition) is 2. The highest BCUT2D eigenvalue weighted by Gasteiger charge is 2.17. The zero-order valence-electron chi connectivity index (χ0n) is 12.8. The number of halogens is 1. The normalized spacial score (nSPS) is 12.5. The topological polar surface area (TPSA) is 41.6 Å². The Morgan fingerprint density at radius 3 is 2.86 bits per heavy atom. The van der Waals surface area contributed by atoms with Crippen LogP contribution in [-0.4, -0.2) is 15.4 Å². The Morgan fingerprint density at radius 2 is 2.19 bits per heavy atom. The van der Waals surface area contributed by atoms with Gasteiger partial charge in [-0.3, -0.25) is 0 Å². The Morgan fingerprint density at radius 1 is 1.38 bits per heavy atom. The van der Waals surface area contributed by atoms with Crippen LogP contribution in [-0.2, 0) is 6.42 Å². The standard InChI is InChI=1S/C17H22ClN3/c1-3-4-5-7-13(2)21-15-9-6-8-14(12-19)17(15)20-16(21)10-11-18/h6,8-9,13H,3-5,7,10-11H2,1-2H3. The first-order valence-electron chi connectivity index (χ1n) is 7.68. The van der Waals surface area contributed by atoms with Crippen LogP contribution in [0.1, 0.15) is 57.0 Å². The first-order chi connectivity index (χ1) is 10.2. The van der Waals surface area contributed by atoms with Gasteiger partial charge in [0.25, 0.3) is 0 Å². The van der Waals surface area contributed by atoms with E-state index in [0.717, 1.165) is 29.7 Å². The maximum absolute atomic E-state index is 9.25. The number of imidazole rings is 1. The fraction of sp³-hybridized carbons (Fsp3) is 0.529. The van der Waals surface area contributed by atoms with Crippen molar-refractivity contribution < 1.29 is 0 Å². The lowest BCUT2D eigenvalue weighted by atomic mass is 10.1. The van der Waals surface area contributed by atoms with Crippen molar-refractivity contribution in [2.45, 2.75) is 52.0 Å². The van der Waals surface area contributed by atoms with E-state index in [1.807, 2.05) is 12.1 Å². The zero-order chi connectivity index (χ0) is 15.2. The van der Waals surface area contributed by atoms with Crippen LogP contribution in [0.25, 0.3) is 11.0 Å². The van der Waals surface area contributed by atoms with Crippen molar-refractivity contribution in [1.29, 1.82) is 5.26 Å². The van der Waals surface area contributed by atoms with Gasteiger partial charge in [0.05, 0.1) is 11.1 Å². The molecule has 1 atom stereocenters. The molecule has 0 saturated heterocycles. The fourth-order valence-electron chi connectivity index (χ4n) is 2.83. The molecule has 1 aromatic carbocycles. The lowest BCUT2D eigenvalue weighted by Gasteiger charge is -2.17. The highest BCUT2D eigenvalue weighted by atomic mass is 35.5. The van der Waals surface area contributed by atoms with E-state index in [2.05, 4.69) is 35.5 Å². The van der Waals surface area contributed by atoms with Crippen LogP contribution in [0.5, 0.6) is 0 Å². The van der Waals surface area contributed by atoms with Crippen LogP contribution in [0.2, 0.25) is 0 Å². The molecule has 0 aliphatic carbocycles. The van der Waals surface area contributed by atoms with Crippen LogP contribution >= 0.6 is 11.6 Å².